The first-order chi connectivity index (χ1) is 14.9. The van der Waals surface area contributed by atoms with Crippen LogP contribution >= 0.6 is 23.2 Å². The first-order valence-electron chi connectivity index (χ1n) is 9.46. The summed E-state index contributed by atoms with van der Waals surface area (Å²) in [5.41, 5.74) is 2.82. The second kappa shape index (κ2) is 8.46. The predicted molar refractivity (Wildman–Crippen MR) is 124 cm³/mol. The lowest BCUT2D eigenvalue weighted by atomic mass is 10.0. The highest BCUT2D eigenvalue weighted by Crippen LogP contribution is 2.36. The monoisotopic (exact) mass is 452 g/mol. The van der Waals surface area contributed by atoms with Gasteiger partial charge >= 0.3 is 0 Å². The highest BCUT2D eigenvalue weighted by molar-refractivity contribution is 6.46. The Bertz CT molecular complexity index is 1220. The molecule has 31 heavy (non-hydrogen) atoms. The molecule has 156 valence electrons. The Hall–Kier alpha value is -3.28. The van der Waals surface area contributed by atoms with Crippen LogP contribution in [0.5, 0.6) is 5.75 Å². The van der Waals surface area contributed by atoms with Gasteiger partial charge in [-0.05, 0) is 60.5 Å². The van der Waals surface area contributed by atoms with E-state index in [1.807, 2.05) is 6.92 Å². The zero-order chi connectivity index (χ0) is 22.1. The summed E-state index contributed by atoms with van der Waals surface area (Å²) in [4.78, 5) is 28.0. The van der Waals surface area contributed by atoms with Crippen molar-refractivity contribution >= 4 is 52.0 Å². The number of amides is 2. The molecule has 0 saturated heterocycles. The maximum Gasteiger partial charge on any atom is 0.282 e. The Morgan fingerprint density at radius 1 is 0.903 bits per heavy atom. The van der Waals surface area contributed by atoms with E-state index < -0.39 is 11.8 Å². The number of methoxy groups -OCH3 is 1. The first kappa shape index (κ1) is 21.0. The van der Waals surface area contributed by atoms with Gasteiger partial charge in [0.2, 0.25) is 0 Å². The molecular formula is C24H18Cl2N2O3. The van der Waals surface area contributed by atoms with Gasteiger partial charge < -0.3 is 10.1 Å². The number of hydrogen-bond donors (Lipinski definition) is 1. The van der Waals surface area contributed by atoms with E-state index in [2.05, 4.69) is 5.32 Å². The molecule has 1 heterocycles. The van der Waals surface area contributed by atoms with Crippen LogP contribution in [0.1, 0.15) is 11.1 Å². The van der Waals surface area contributed by atoms with Gasteiger partial charge in [-0.1, -0.05) is 47.5 Å². The molecule has 0 bridgehead atoms. The highest BCUT2D eigenvalue weighted by Gasteiger charge is 2.40. The van der Waals surface area contributed by atoms with E-state index in [0.29, 0.717) is 32.7 Å². The van der Waals surface area contributed by atoms with E-state index in [1.54, 1.807) is 73.8 Å². The lowest BCUT2D eigenvalue weighted by molar-refractivity contribution is -0.120. The van der Waals surface area contributed by atoms with Gasteiger partial charge in [0, 0.05) is 15.7 Å². The number of nitrogens with one attached hydrogen (secondary N) is 1. The Morgan fingerprint density at radius 3 is 2.29 bits per heavy atom. The number of halogens is 2. The van der Waals surface area contributed by atoms with Crippen LogP contribution in [0.4, 0.5) is 11.4 Å². The molecule has 0 aromatic heterocycles. The van der Waals surface area contributed by atoms with E-state index in [4.69, 9.17) is 27.9 Å². The molecule has 0 unspecified atom stereocenters. The van der Waals surface area contributed by atoms with Crippen molar-refractivity contribution in [2.45, 2.75) is 6.92 Å². The standard InChI is InChI=1S/C24H18Cl2N2O3/c1-14-19(26)7-4-8-20(14)27-22-21(15-9-11-18(31-2)12-10-15)23(29)28(24(22)30)17-6-3-5-16(25)13-17/h3-13,27H,1-2H3. The van der Waals surface area contributed by atoms with Gasteiger partial charge in [-0.25, -0.2) is 4.90 Å². The van der Waals surface area contributed by atoms with E-state index >= 15 is 0 Å². The van der Waals surface area contributed by atoms with Crippen LogP contribution < -0.4 is 15.0 Å². The molecule has 3 aromatic rings. The fraction of sp³-hybridized carbons (Fsp3) is 0.0833. The minimum absolute atomic E-state index is 0.167. The van der Waals surface area contributed by atoms with Crippen LogP contribution in [0.15, 0.2) is 72.4 Å². The summed E-state index contributed by atoms with van der Waals surface area (Å²) in [6.07, 6.45) is 0. The average molecular weight is 453 g/mol. The number of carbonyl (C=O) groups excluding carboxylic acids is 2. The Morgan fingerprint density at radius 2 is 1.61 bits per heavy atom. The second-order valence-corrected chi connectivity index (χ2v) is 7.79. The molecule has 3 aromatic carbocycles. The van der Waals surface area contributed by atoms with Crippen molar-refractivity contribution in [1.29, 1.82) is 0 Å². The maximum absolute atomic E-state index is 13.4. The molecule has 0 saturated carbocycles. The fourth-order valence-corrected chi connectivity index (χ4v) is 3.76. The van der Waals surface area contributed by atoms with Gasteiger partial charge in [-0.15, -0.1) is 0 Å². The van der Waals surface area contributed by atoms with Crippen molar-refractivity contribution < 1.29 is 14.3 Å². The molecular weight excluding hydrogens is 435 g/mol. The molecule has 2 amide bonds. The van der Waals surface area contributed by atoms with Crippen LogP contribution in [0, 0.1) is 6.92 Å². The van der Waals surface area contributed by atoms with Gasteiger partial charge in [0.05, 0.1) is 18.4 Å². The Kier molecular flexibility index (Phi) is 5.72. The van der Waals surface area contributed by atoms with E-state index in [0.717, 1.165) is 10.5 Å². The van der Waals surface area contributed by atoms with Crippen molar-refractivity contribution in [3.8, 4) is 5.75 Å². The average Bonchev–Trinajstić information content (AvgIpc) is 3.01. The third-order valence-electron chi connectivity index (χ3n) is 5.06. The maximum atomic E-state index is 13.4. The third-order valence-corrected chi connectivity index (χ3v) is 5.70. The van der Waals surface area contributed by atoms with Crippen LogP contribution in [0.25, 0.3) is 5.57 Å². The van der Waals surface area contributed by atoms with Gasteiger partial charge in [0.25, 0.3) is 11.8 Å². The summed E-state index contributed by atoms with van der Waals surface area (Å²) in [7, 11) is 1.56. The number of benzene rings is 3. The van der Waals surface area contributed by atoms with Crippen LogP contribution in [0.3, 0.4) is 0 Å². The minimum Gasteiger partial charge on any atom is -0.497 e. The van der Waals surface area contributed by atoms with E-state index in [-0.39, 0.29) is 11.3 Å². The number of imide groups is 1. The molecule has 0 aliphatic carbocycles. The number of anilines is 2. The van der Waals surface area contributed by atoms with Crippen LogP contribution in [0.2, 0.25) is 10.0 Å². The summed E-state index contributed by atoms with van der Waals surface area (Å²) in [6, 6.07) is 18.9. The van der Waals surface area contributed by atoms with E-state index in [9.17, 15) is 9.59 Å². The molecule has 7 heteroatoms. The zero-order valence-electron chi connectivity index (χ0n) is 16.8. The molecule has 5 nitrogen and oxygen atoms in total. The normalized spacial score (nSPS) is 13.7. The number of nitrogens with zero attached hydrogens (tertiary/aromatic N) is 1. The van der Waals surface area contributed by atoms with Crippen molar-refractivity contribution in [3.05, 3.63) is 93.6 Å². The number of ether oxygens (including phenoxy) is 1. The molecule has 0 radical (unpaired) electrons. The molecule has 0 fully saturated rings. The van der Waals surface area contributed by atoms with Gasteiger partial charge in [0.1, 0.15) is 11.4 Å². The summed E-state index contributed by atoms with van der Waals surface area (Å²) >= 11 is 12.3. The summed E-state index contributed by atoms with van der Waals surface area (Å²) < 4.78 is 5.21. The largest absolute Gasteiger partial charge is 0.497 e. The number of hydrogen-bond acceptors (Lipinski definition) is 4. The van der Waals surface area contributed by atoms with Crippen molar-refractivity contribution in [1.82, 2.24) is 0 Å². The molecule has 4 rings (SSSR count). The van der Waals surface area contributed by atoms with E-state index in [1.165, 1.54) is 0 Å². The van der Waals surface area contributed by atoms with Crippen LogP contribution in [-0.4, -0.2) is 18.9 Å². The SMILES string of the molecule is COc1ccc(C2=C(Nc3cccc(Cl)c3C)C(=O)N(c3cccc(Cl)c3)C2=O)cc1. The molecule has 0 spiro atoms. The predicted octanol–water partition coefficient (Wildman–Crippen LogP) is 5.71. The van der Waals surface area contributed by atoms with Crippen molar-refractivity contribution in [2.75, 3.05) is 17.3 Å². The molecule has 0 atom stereocenters. The smallest absolute Gasteiger partial charge is 0.282 e. The lowest BCUT2D eigenvalue weighted by Crippen LogP contribution is -2.32. The lowest BCUT2D eigenvalue weighted by Gasteiger charge is -2.16. The summed E-state index contributed by atoms with van der Waals surface area (Å²) in [6.45, 7) is 1.84. The van der Waals surface area contributed by atoms with Crippen molar-refractivity contribution in [2.24, 2.45) is 0 Å². The summed E-state index contributed by atoms with van der Waals surface area (Å²) in [5.74, 6) is -0.273. The Balaban J connectivity index is 1.85. The Labute approximate surface area is 189 Å². The van der Waals surface area contributed by atoms with Gasteiger partial charge in [-0.2, -0.15) is 0 Å². The molecule has 1 N–H and O–H groups in total. The van der Waals surface area contributed by atoms with Gasteiger partial charge in [0.15, 0.2) is 0 Å². The van der Waals surface area contributed by atoms with Crippen molar-refractivity contribution in [3.63, 3.8) is 0 Å². The quantitative estimate of drug-likeness (QED) is 0.503. The molecule has 1 aliphatic rings. The van der Waals surface area contributed by atoms with Gasteiger partial charge in [-0.3, -0.25) is 9.59 Å². The zero-order valence-corrected chi connectivity index (χ0v) is 18.3. The van der Waals surface area contributed by atoms with Crippen LogP contribution in [-0.2, 0) is 9.59 Å². The second-order valence-electron chi connectivity index (χ2n) is 6.94. The fourth-order valence-electron chi connectivity index (χ4n) is 3.40. The first-order valence-corrected chi connectivity index (χ1v) is 10.2. The minimum atomic E-state index is -0.475. The topological polar surface area (TPSA) is 58.6 Å². The summed E-state index contributed by atoms with van der Waals surface area (Å²) in [5, 5.41) is 4.12. The molecule has 1 aliphatic heterocycles. The number of carbonyl (C=O) groups is 2. The highest BCUT2D eigenvalue weighted by atomic mass is 35.5. The third kappa shape index (κ3) is 3.90. The number of rotatable bonds is 5.